The summed E-state index contributed by atoms with van der Waals surface area (Å²) >= 11 is 0. The van der Waals surface area contributed by atoms with Gasteiger partial charge in [0, 0.05) is 30.9 Å². The van der Waals surface area contributed by atoms with Crippen molar-refractivity contribution < 1.29 is 13.9 Å². The zero-order valence-corrected chi connectivity index (χ0v) is 13.5. The van der Waals surface area contributed by atoms with Gasteiger partial charge in [-0.2, -0.15) is 4.98 Å². The van der Waals surface area contributed by atoms with Gasteiger partial charge in [-0.25, -0.2) is 5.43 Å². The molecule has 0 radical (unpaired) electrons. The molecule has 1 amide bonds. The lowest BCUT2D eigenvalue weighted by atomic mass is 10.1. The van der Waals surface area contributed by atoms with Crippen LogP contribution in [0.2, 0.25) is 0 Å². The van der Waals surface area contributed by atoms with Crippen molar-refractivity contribution in [3.8, 4) is 0 Å². The predicted molar refractivity (Wildman–Crippen MR) is 89.8 cm³/mol. The number of ether oxygens (including phenoxy) is 1. The third-order valence-electron chi connectivity index (χ3n) is 4.34. The number of nitrogens with zero attached hydrogens (tertiary/aromatic N) is 2. The molecule has 3 heterocycles. The number of nitrogens with one attached hydrogen (secondary N) is 3. The van der Waals surface area contributed by atoms with Gasteiger partial charge in [0.05, 0.1) is 13.2 Å². The number of carbonyl (C=O) groups excluding carboxylic acids is 1. The van der Waals surface area contributed by atoms with Gasteiger partial charge in [-0.1, -0.05) is 0 Å². The molecule has 0 spiro atoms. The highest BCUT2D eigenvalue weighted by Gasteiger charge is 2.26. The molecule has 2 fully saturated rings. The summed E-state index contributed by atoms with van der Waals surface area (Å²) < 4.78 is 11.2. The molecule has 3 N–H and O–H groups in total. The van der Waals surface area contributed by atoms with E-state index in [4.69, 9.17) is 9.15 Å². The number of morpholine rings is 1. The van der Waals surface area contributed by atoms with Crippen molar-refractivity contribution in [3.63, 3.8) is 0 Å². The second-order valence-corrected chi connectivity index (χ2v) is 6.25. The van der Waals surface area contributed by atoms with Gasteiger partial charge in [0.15, 0.2) is 5.58 Å². The van der Waals surface area contributed by atoms with Crippen molar-refractivity contribution in [1.82, 2.24) is 15.8 Å². The monoisotopic (exact) mass is 331 g/mol. The molecule has 0 aliphatic carbocycles. The summed E-state index contributed by atoms with van der Waals surface area (Å²) in [6.07, 6.45) is 0.761. The molecule has 2 aliphatic heterocycles. The summed E-state index contributed by atoms with van der Waals surface area (Å²) in [6.45, 7) is 4.94. The van der Waals surface area contributed by atoms with Gasteiger partial charge in [-0.05, 0) is 25.5 Å². The number of oxazole rings is 1. The van der Waals surface area contributed by atoms with E-state index in [2.05, 4.69) is 26.1 Å². The van der Waals surface area contributed by atoms with Gasteiger partial charge in [0.2, 0.25) is 5.91 Å². The minimum absolute atomic E-state index is 0.0564. The molecule has 1 aromatic heterocycles. The Kier molecular flexibility index (Phi) is 4.09. The van der Waals surface area contributed by atoms with E-state index >= 15 is 0 Å². The Morgan fingerprint density at radius 1 is 1.33 bits per heavy atom. The van der Waals surface area contributed by atoms with Gasteiger partial charge >= 0.3 is 0 Å². The minimum Gasteiger partial charge on any atom is -0.423 e. The molecule has 2 aliphatic rings. The summed E-state index contributed by atoms with van der Waals surface area (Å²) in [7, 11) is 0. The van der Waals surface area contributed by atoms with Crippen LogP contribution >= 0.6 is 0 Å². The van der Waals surface area contributed by atoms with E-state index in [0.717, 1.165) is 25.0 Å². The van der Waals surface area contributed by atoms with Crippen molar-refractivity contribution in [2.45, 2.75) is 25.4 Å². The fourth-order valence-corrected chi connectivity index (χ4v) is 3.00. The number of hydrogen-bond acceptors (Lipinski definition) is 7. The van der Waals surface area contributed by atoms with E-state index in [-0.39, 0.29) is 18.0 Å². The van der Waals surface area contributed by atoms with Crippen LogP contribution in [0.1, 0.15) is 13.3 Å². The predicted octanol–water partition coefficient (Wildman–Crippen LogP) is 0.858. The van der Waals surface area contributed by atoms with Crippen LogP contribution < -0.4 is 21.1 Å². The molecule has 0 bridgehead atoms. The number of hydrogen-bond donors (Lipinski definition) is 3. The standard InChI is InChI=1S/C16H21N5O3/c1-10-8-13(20-19-10)15(22)17-11-2-3-12-14(9-11)24-16(18-12)21-4-6-23-7-5-21/h2-3,9-10,13,19-20H,4-8H2,1H3,(H,17,22). The lowest BCUT2D eigenvalue weighted by Gasteiger charge is -2.24. The van der Waals surface area contributed by atoms with Gasteiger partial charge in [-0.3, -0.25) is 10.2 Å². The Labute approximate surface area is 139 Å². The molecule has 4 rings (SSSR count). The highest BCUT2D eigenvalue weighted by molar-refractivity contribution is 5.96. The largest absolute Gasteiger partial charge is 0.423 e. The number of benzene rings is 1. The number of aromatic nitrogens is 1. The van der Waals surface area contributed by atoms with Gasteiger partial charge in [0.25, 0.3) is 6.01 Å². The number of fused-ring (bicyclic) bond motifs is 1. The van der Waals surface area contributed by atoms with Gasteiger partial charge in [0.1, 0.15) is 11.6 Å². The van der Waals surface area contributed by atoms with Crippen molar-refractivity contribution in [2.24, 2.45) is 0 Å². The maximum atomic E-state index is 12.3. The first-order chi connectivity index (χ1) is 11.7. The SMILES string of the molecule is CC1CC(C(=O)Nc2ccc3nc(N4CCOCC4)oc3c2)NN1. The van der Waals surface area contributed by atoms with Crippen LogP contribution in [0, 0.1) is 0 Å². The average Bonchev–Trinajstić information content (AvgIpc) is 3.21. The quantitative estimate of drug-likeness (QED) is 0.768. The minimum atomic E-state index is -0.227. The van der Waals surface area contributed by atoms with Crippen LogP contribution in [0.3, 0.4) is 0 Å². The highest BCUT2D eigenvalue weighted by Crippen LogP contribution is 2.25. The normalized spacial score (nSPS) is 24.5. The van der Waals surface area contributed by atoms with Gasteiger partial charge < -0.3 is 19.4 Å². The number of hydrazine groups is 1. The second-order valence-electron chi connectivity index (χ2n) is 6.25. The van der Waals surface area contributed by atoms with E-state index in [1.165, 1.54) is 0 Å². The summed E-state index contributed by atoms with van der Waals surface area (Å²) in [5.74, 6) is -0.0564. The second kappa shape index (κ2) is 6.39. The van der Waals surface area contributed by atoms with E-state index < -0.39 is 0 Å². The molecule has 2 unspecified atom stereocenters. The van der Waals surface area contributed by atoms with Crippen LogP contribution in [0.15, 0.2) is 22.6 Å². The van der Waals surface area contributed by atoms with E-state index in [1.807, 2.05) is 25.1 Å². The molecule has 24 heavy (non-hydrogen) atoms. The summed E-state index contributed by atoms with van der Waals surface area (Å²) in [5.41, 5.74) is 8.20. The van der Waals surface area contributed by atoms with Crippen molar-refractivity contribution >= 4 is 28.7 Å². The molecule has 8 heteroatoms. The van der Waals surface area contributed by atoms with E-state index in [0.29, 0.717) is 30.5 Å². The Balaban J connectivity index is 1.49. The molecule has 2 aromatic rings. The summed E-state index contributed by atoms with van der Waals surface area (Å²) in [5, 5.41) is 2.92. The molecule has 128 valence electrons. The lowest BCUT2D eigenvalue weighted by Crippen LogP contribution is -2.39. The molecule has 1 aromatic carbocycles. The average molecular weight is 331 g/mol. The van der Waals surface area contributed by atoms with Crippen LogP contribution in [0.4, 0.5) is 11.7 Å². The van der Waals surface area contributed by atoms with E-state index in [9.17, 15) is 4.79 Å². The fourth-order valence-electron chi connectivity index (χ4n) is 3.00. The molecule has 8 nitrogen and oxygen atoms in total. The van der Waals surface area contributed by atoms with Crippen LogP contribution in [0.5, 0.6) is 0 Å². The summed E-state index contributed by atoms with van der Waals surface area (Å²) in [4.78, 5) is 18.8. The number of rotatable bonds is 3. The van der Waals surface area contributed by atoms with Crippen molar-refractivity contribution in [1.29, 1.82) is 0 Å². The lowest BCUT2D eigenvalue weighted by molar-refractivity contribution is -0.117. The van der Waals surface area contributed by atoms with Gasteiger partial charge in [-0.15, -0.1) is 0 Å². The third-order valence-corrected chi connectivity index (χ3v) is 4.34. The Morgan fingerprint density at radius 2 is 2.17 bits per heavy atom. The summed E-state index contributed by atoms with van der Waals surface area (Å²) in [6, 6.07) is 6.19. The highest BCUT2D eigenvalue weighted by atomic mass is 16.5. The molecular weight excluding hydrogens is 310 g/mol. The van der Waals surface area contributed by atoms with Crippen LogP contribution in [-0.2, 0) is 9.53 Å². The Hall–Kier alpha value is -2.16. The first kappa shape index (κ1) is 15.4. The first-order valence-corrected chi connectivity index (χ1v) is 8.24. The Morgan fingerprint density at radius 3 is 2.92 bits per heavy atom. The smallest absolute Gasteiger partial charge is 0.298 e. The number of carbonyl (C=O) groups is 1. The van der Waals surface area contributed by atoms with Crippen LogP contribution in [-0.4, -0.2) is 49.3 Å². The van der Waals surface area contributed by atoms with Crippen molar-refractivity contribution in [3.05, 3.63) is 18.2 Å². The third kappa shape index (κ3) is 3.08. The van der Waals surface area contributed by atoms with E-state index in [1.54, 1.807) is 0 Å². The fraction of sp³-hybridized carbons (Fsp3) is 0.500. The molecule has 2 saturated heterocycles. The zero-order valence-electron chi connectivity index (χ0n) is 13.5. The maximum Gasteiger partial charge on any atom is 0.298 e. The number of amides is 1. The van der Waals surface area contributed by atoms with Crippen LogP contribution in [0.25, 0.3) is 11.1 Å². The zero-order chi connectivity index (χ0) is 16.5. The maximum absolute atomic E-state index is 12.3. The molecule has 2 atom stereocenters. The number of anilines is 2. The molecular formula is C16H21N5O3. The van der Waals surface area contributed by atoms with Crippen molar-refractivity contribution in [2.75, 3.05) is 36.5 Å². The topological polar surface area (TPSA) is 91.7 Å². The first-order valence-electron chi connectivity index (χ1n) is 8.24. The molecule has 0 saturated carbocycles. The Bertz CT molecular complexity index is 740.